The number of nitrogens with one attached hydrogen (secondary N) is 1. The lowest BCUT2D eigenvalue weighted by molar-refractivity contribution is 0.288. The topological polar surface area (TPSA) is 24.5 Å². The Morgan fingerprint density at radius 3 is 1.97 bits per heavy atom. The van der Waals surface area contributed by atoms with Crippen molar-refractivity contribution >= 4 is 23.3 Å². The second kappa shape index (κ2) is 13.3. The van der Waals surface area contributed by atoms with Crippen LogP contribution in [0.5, 0.6) is 11.5 Å². The Balaban J connectivity index is 1.74. The summed E-state index contributed by atoms with van der Waals surface area (Å²) in [5.41, 5.74) is 3.30. The van der Waals surface area contributed by atoms with Gasteiger partial charge in [0, 0.05) is 18.0 Å². The first-order valence-electron chi connectivity index (χ1n) is 13.2. The van der Waals surface area contributed by atoms with Crippen molar-refractivity contribution in [1.29, 1.82) is 0 Å². The summed E-state index contributed by atoms with van der Waals surface area (Å²) >= 11 is 1.93. The van der Waals surface area contributed by atoms with Gasteiger partial charge in [0.2, 0.25) is 0 Å². The van der Waals surface area contributed by atoms with Crippen LogP contribution < -0.4 is 10.1 Å². The van der Waals surface area contributed by atoms with Gasteiger partial charge in [0.15, 0.2) is 11.5 Å². The number of hydrogen-bond acceptors (Lipinski definition) is 4. The third-order valence-corrected chi connectivity index (χ3v) is 7.85. The Hall–Kier alpha value is -1.65. The fraction of sp³-hybridized carbons (Fsp3) is 0.586. The molecule has 0 aliphatic carbocycles. The molecule has 0 spiro atoms. The van der Waals surface area contributed by atoms with Gasteiger partial charge in [-0.05, 0) is 79.4 Å². The molecule has 1 aliphatic heterocycles. The predicted octanol–water partition coefficient (Wildman–Crippen LogP) is 9.59. The van der Waals surface area contributed by atoms with Crippen molar-refractivity contribution < 1.29 is 4.74 Å². The van der Waals surface area contributed by atoms with Crippen molar-refractivity contribution in [1.82, 2.24) is 4.31 Å². The van der Waals surface area contributed by atoms with Crippen LogP contribution in [-0.2, 0) is 0 Å². The standard InChI is InChI=1S/C29H44N2OS/c1-6-10-12-23(8-3)20-31(21-24(9-4)13-11-7-2)33-25-15-17-27-29(19-25)32-28-18-22(5)14-16-26(28)30-27/h14-19,23-24,30H,6-13,20-21H2,1-5H3. The number of unbranched alkanes of at least 4 members (excludes halogenated alkanes) is 2. The average Bonchev–Trinajstić information content (AvgIpc) is 2.82. The molecule has 1 N–H and O–H groups in total. The molecule has 3 rings (SSSR count). The van der Waals surface area contributed by atoms with Crippen molar-refractivity contribution in [3.05, 3.63) is 42.0 Å². The molecule has 0 bridgehead atoms. The third kappa shape index (κ3) is 7.68. The van der Waals surface area contributed by atoms with Crippen LogP contribution in [0.1, 0.15) is 84.6 Å². The van der Waals surface area contributed by atoms with E-state index in [2.05, 4.69) is 80.6 Å². The molecule has 0 radical (unpaired) electrons. The molecule has 0 aromatic heterocycles. The number of fused-ring (bicyclic) bond motifs is 2. The van der Waals surface area contributed by atoms with Crippen LogP contribution in [-0.4, -0.2) is 17.4 Å². The van der Waals surface area contributed by atoms with Gasteiger partial charge in [0.05, 0.1) is 11.4 Å². The monoisotopic (exact) mass is 468 g/mol. The summed E-state index contributed by atoms with van der Waals surface area (Å²) in [5.74, 6) is 3.38. The number of aryl methyl sites for hydroxylation is 1. The Kier molecular flexibility index (Phi) is 10.5. The first kappa shape index (κ1) is 26.0. The second-order valence-electron chi connectivity index (χ2n) is 9.66. The Bertz CT molecular complexity index is 851. The number of nitrogens with zero attached hydrogens (tertiary/aromatic N) is 1. The maximum absolute atomic E-state index is 6.30. The lowest BCUT2D eigenvalue weighted by atomic mass is 9.97. The molecule has 182 valence electrons. The van der Waals surface area contributed by atoms with Crippen LogP contribution >= 0.6 is 11.9 Å². The molecule has 0 saturated carbocycles. The Labute approximate surface area is 206 Å². The van der Waals surface area contributed by atoms with Crippen molar-refractivity contribution in [3.63, 3.8) is 0 Å². The molecular formula is C29H44N2OS. The lowest BCUT2D eigenvalue weighted by Gasteiger charge is -2.30. The van der Waals surface area contributed by atoms with Gasteiger partial charge in [-0.3, -0.25) is 0 Å². The van der Waals surface area contributed by atoms with Gasteiger partial charge >= 0.3 is 0 Å². The zero-order valence-electron chi connectivity index (χ0n) is 21.5. The number of anilines is 2. The van der Waals surface area contributed by atoms with Crippen LogP contribution in [0.2, 0.25) is 0 Å². The zero-order valence-corrected chi connectivity index (χ0v) is 22.3. The number of benzene rings is 2. The first-order valence-corrected chi connectivity index (χ1v) is 14.0. The van der Waals surface area contributed by atoms with Crippen molar-refractivity contribution in [2.75, 3.05) is 18.4 Å². The van der Waals surface area contributed by atoms with E-state index in [9.17, 15) is 0 Å². The highest BCUT2D eigenvalue weighted by atomic mass is 32.2. The van der Waals surface area contributed by atoms with Gasteiger partial charge in [-0.2, -0.15) is 0 Å². The van der Waals surface area contributed by atoms with E-state index >= 15 is 0 Å². The third-order valence-electron chi connectivity index (χ3n) is 6.82. The molecule has 2 aromatic carbocycles. The fourth-order valence-corrected chi connectivity index (χ4v) is 5.69. The quantitative estimate of drug-likeness (QED) is 0.238. The molecule has 1 heterocycles. The van der Waals surface area contributed by atoms with E-state index < -0.39 is 0 Å². The molecule has 1 aliphatic rings. The largest absolute Gasteiger partial charge is 0.453 e. The molecule has 2 unspecified atom stereocenters. The summed E-state index contributed by atoms with van der Waals surface area (Å²) < 4.78 is 8.95. The minimum atomic E-state index is 0.770. The zero-order chi connectivity index (χ0) is 23.6. The van der Waals surface area contributed by atoms with Gasteiger partial charge in [0.1, 0.15) is 0 Å². The minimum absolute atomic E-state index is 0.770. The molecule has 0 amide bonds. The summed E-state index contributed by atoms with van der Waals surface area (Å²) in [7, 11) is 0. The van der Waals surface area contributed by atoms with Crippen molar-refractivity contribution in [3.8, 4) is 11.5 Å². The van der Waals surface area contributed by atoms with E-state index in [-0.39, 0.29) is 0 Å². The molecule has 2 atom stereocenters. The predicted molar refractivity (Wildman–Crippen MR) is 145 cm³/mol. The Morgan fingerprint density at radius 1 is 0.818 bits per heavy atom. The van der Waals surface area contributed by atoms with Gasteiger partial charge in [-0.25, -0.2) is 4.31 Å². The molecular weight excluding hydrogens is 424 g/mol. The van der Waals surface area contributed by atoms with E-state index in [1.165, 1.54) is 74.9 Å². The maximum atomic E-state index is 6.30. The molecule has 0 fully saturated rings. The molecule has 33 heavy (non-hydrogen) atoms. The van der Waals surface area contributed by atoms with Gasteiger partial charge in [-0.15, -0.1) is 0 Å². The van der Waals surface area contributed by atoms with Crippen molar-refractivity contribution in [2.24, 2.45) is 11.8 Å². The molecule has 2 aromatic rings. The SMILES string of the molecule is CCCCC(CC)CN(CC(CC)CCCC)Sc1ccc2c(c1)Oc1cc(C)ccc1N2. The number of hydrogen-bond donors (Lipinski definition) is 1. The summed E-state index contributed by atoms with van der Waals surface area (Å²) in [4.78, 5) is 1.27. The van der Waals surface area contributed by atoms with Crippen molar-refractivity contribution in [2.45, 2.75) is 90.9 Å². The minimum Gasteiger partial charge on any atom is -0.453 e. The molecule has 0 saturated heterocycles. The summed E-state index contributed by atoms with van der Waals surface area (Å²) in [6, 6.07) is 12.9. The highest BCUT2D eigenvalue weighted by Gasteiger charge is 2.21. The maximum Gasteiger partial charge on any atom is 0.152 e. The van der Waals surface area contributed by atoms with Gasteiger partial charge in [0.25, 0.3) is 0 Å². The van der Waals surface area contributed by atoms with Crippen LogP contribution in [0.4, 0.5) is 11.4 Å². The highest BCUT2D eigenvalue weighted by Crippen LogP contribution is 2.44. The lowest BCUT2D eigenvalue weighted by Crippen LogP contribution is -2.28. The van der Waals surface area contributed by atoms with E-state index in [0.29, 0.717) is 0 Å². The fourth-order valence-electron chi connectivity index (χ4n) is 4.54. The van der Waals surface area contributed by atoms with E-state index in [4.69, 9.17) is 4.74 Å². The summed E-state index contributed by atoms with van der Waals surface area (Å²) in [5, 5.41) is 3.53. The molecule has 3 nitrogen and oxygen atoms in total. The van der Waals surface area contributed by atoms with Gasteiger partial charge < -0.3 is 10.1 Å². The van der Waals surface area contributed by atoms with Crippen LogP contribution in [0.15, 0.2) is 41.3 Å². The number of ether oxygens (including phenoxy) is 1. The van der Waals surface area contributed by atoms with E-state index in [1.807, 2.05) is 11.9 Å². The van der Waals surface area contributed by atoms with E-state index in [1.54, 1.807) is 0 Å². The van der Waals surface area contributed by atoms with Crippen LogP contribution in [0.3, 0.4) is 0 Å². The highest BCUT2D eigenvalue weighted by molar-refractivity contribution is 7.97. The number of rotatable bonds is 14. The summed E-state index contributed by atoms with van der Waals surface area (Å²) in [6.45, 7) is 13.8. The molecule has 4 heteroatoms. The average molecular weight is 469 g/mol. The summed E-state index contributed by atoms with van der Waals surface area (Å²) in [6.07, 6.45) is 10.4. The van der Waals surface area contributed by atoms with Crippen LogP contribution in [0, 0.1) is 18.8 Å². The smallest absolute Gasteiger partial charge is 0.152 e. The van der Waals surface area contributed by atoms with Crippen LogP contribution in [0.25, 0.3) is 0 Å². The first-order chi connectivity index (χ1) is 16.1. The second-order valence-corrected chi connectivity index (χ2v) is 10.8. The Morgan fingerprint density at radius 2 is 1.39 bits per heavy atom. The van der Waals surface area contributed by atoms with Gasteiger partial charge in [-0.1, -0.05) is 72.3 Å². The normalized spacial score (nSPS) is 14.2. The van der Waals surface area contributed by atoms with E-state index in [0.717, 1.165) is 34.7 Å².